The van der Waals surface area contributed by atoms with Gasteiger partial charge in [-0.1, -0.05) is 17.7 Å². The highest BCUT2D eigenvalue weighted by Gasteiger charge is 2.08. The van der Waals surface area contributed by atoms with Crippen molar-refractivity contribution < 1.29 is 4.74 Å². The third-order valence-electron chi connectivity index (χ3n) is 2.50. The molecule has 0 saturated carbocycles. The fraction of sp³-hybridized carbons (Fsp3) is 0.500. The largest absolute Gasteiger partial charge is 0.385 e. The van der Waals surface area contributed by atoms with Crippen molar-refractivity contribution in [2.45, 2.75) is 25.8 Å². The van der Waals surface area contributed by atoms with Crippen molar-refractivity contribution in [1.29, 1.82) is 0 Å². The lowest BCUT2D eigenvalue weighted by Gasteiger charge is -2.14. The number of rotatable bonds is 5. The van der Waals surface area contributed by atoms with Crippen LogP contribution in [-0.4, -0.2) is 13.7 Å². The number of methoxy groups -OCH3 is 1. The van der Waals surface area contributed by atoms with E-state index in [1.54, 1.807) is 7.11 Å². The third kappa shape index (κ3) is 3.82. The summed E-state index contributed by atoms with van der Waals surface area (Å²) in [6.45, 7) is 2.81. The molecule has 0 heterocycles. The minimum Gasteiger partial charge on any atom is -0.385 e. The van der Waals surface area contributed by atoms with E-state index in [-0.39, 0.29) is 6.04 Å². The average molecular weight is 228 g/mol. The number of benzene rings is 1. The normalized spacial score (nSPS) is 12.8. The molecule has 1 atom stereocenters. The van der Waals surface area contributed by atoms with Crippen molar-refractivity contribution in [3.63, 3.8) is 0 Å². The summed E-state index contributed by atoms with van der Waals surface area (Å²) in [5, 5.41) is 0.748. The van der Waals surface area contributed by atoms with E-state index in [1.165, 1.54) is 5.56 Å². The Labute approximate surface area is 96.4 Å². The van der Waals surface area contributed by atoms with E-state index in [2.05, 4.69) is 6.92 Å². The maximum absolute atomic E-state index is 6.09. The zero-order valence-electron chi connectivity index (χ0n) is 9.29. The van der Waals surface area contributed by atoms with Crippen LogP contribution >= 0.6 is 11.6 Å². The molecule has 84 valence electrons. The molecular formula is C12H18ClNO. The van der Waals surface area contributed by atoms with E-state index < -0.39 is 0 Å². The Hall–Kier alpha value is -0.570. The van der Waals surface area contributed by atoms with Gasteiger partial charge >= 0.3 is 0 Å². The predicted octanol–water partition coefficient (Wildman–Crippen LogP) is 3.07. The van der Waals surface area contributed by atoms with Crippen molar-refractivity contribution in [3.8, 4) is 0 Å². The summed E-state index contributed by atoms with van der Waals surface area (Å²) in [7, 11) is 1.70. The van der Waals surface area contributed by atoms with Gasteiger partial charge in [0.05, 0.1) is 0 Å². The first-order chi connectivity index (χ1) is 7.15. The second-order valence-corrected chi connectivity index (χ2v) is 4.18. The lowest BCUT2D eigenvalue weighted by Crippen LogP contribution is -2.12. The Balaban J connectivity index is 2.64. The van der Waals surface area contributed by atoms with Crippen LogP contribution in [0, 0.1) is 6.92 Å². The second kappa shape index (κ2) is 6.11. The molecule has 1 aromatic rings. The first-order valence-corrected chi connectivity index (χ1v) is 5.53. The molecule has 0 saturated heterocycles. The SMILES string of the molecule is COCCCC(N)c1cc(Cl)ccc1C. The van der Waals surface area contributed by atoms with Crippen molar-refractivity contribution in [2.75, 3.05) is 13.7 Å². The van der Waals surface area contributed by atoms with Crippen molar-refractivity contribution in [1.82, 2.24) is 0 Å². The van der Waals surface area contributed by atoms with Crippen LogP contribution in [0.2, 0.25) is 5.02 Å². The summed E-state index contributed by atoms with van der Waals surface area (Å²) < 4.78 is 5.00. The van der Waals surface area contributed by atoms with Crippen LogP contribution in [0.3, 0.4) is 0 Å². The fourth-order valence-electron chi connectivity index (χ4n) is 1.61. The molecule has 0 fully saturated rings. The number of hydrogen-bond donors (Lipinski definition) is 1. The molecule has 15 heavy (non-hydrogen) atoms. The van der Waals surface area contributed by atoms with Crippen LogP contribution in [0.15, 0.2) is 18.2 Å². The minimum atomic E-state index is 0.0545. The van der Waals surface area contributed by atoms with Gasteiger partial charge < -0.3 is 10.5 Å². The van der Waals surface area contributed by atoms with Crippen LogP contribution in [0.5, 0.6) is 0 Å². The molecule has 1 aromatic carbocycles. The molecule has 2 N–H and O–H groups in total. The zero-order valence-corrected chi connectivity index (χ0v) is 10.1. The van der Waals surface area contributed by atoms with Crippen LogP contribution in [0.1, 0.15) is 30.0 Å². The minimum absolute atomic E-state index is 0.0545. The van der Waals surface area contributed by atoms with Gasteiger partial charge in [0.1, 0.15) is 0 Å². The molecule has 3 heteroatoms. The first-order valence-electron chi connectivity index (χ1n) is 5.15. The van der Waals surface area contributed by atoms with Crippen molar-refractivity contribution in [2.24, 2.45) is 5.73 Å². The molecule has 0 aliphatic rings. The molecule has 0 radical (unpaired) electrons. The van der Waals surface area contributed by atoms with Gasteiger partial charge in [0, 0.05) is 24.8 Å². The standard InChI is InChI=1S/C12H18ClNO/c1-9-5-6-10(13)8-11(9)12(14)4-3-7-15-2/h5-6,8,12H,3-4,7,14H2,1-2H3. The lowest BCUT2D eigenvalue weighted by atomic mass is 9.98. The highest BCUT2D eigenvalue weighted by Crippen LogP contribution is 2.23. The van der Waals surface area contributed by atoms with Crippen LogP contribution in [0.4, 0.5) is 0 Å². The Bertz CT molecular complexity index is 314. The van der Waals surface area contributed by atoms with Crippen LogP contribution < -0.4 is 5.73 Å². The second-order valence-electron chi connectivity index (χ2n) is 3.74. The Kier molecular flexibility index (Phi) is 5.09. The van der Waals surface area contributed by atoms with Gasteiger partial charge in [0.2, 0.25) is 0 Å². The monoisotopic (exact) mass is 227 g/mol. The fourth-order valence-corrected chi connectivity index (χ4v) is 1.79. The zero-order chi connectivity index (χ0) is 11.3. The van der Waals surface area contributed by atoms with Gasteiger partial charge in [0.25, 0.3) is 0 Å². The quantitative estimate of drug-likeness (QED) is 0.785. The number of nitrogens with two attached hydrogens (primary N) is 1. The number of halogens is 1. The number of aryl methyl sites for hydroxylation is 1. The van der Waals surface area contributed by atoms with Crippen LogP contribution in [0.25, 0.3) is 0 Å². The van der Waals surface area contributed by atoms with E-state index in [0.29, 0.717) is 0 Å². The summed E-state index contributed by atoms with van der Waals surface area (Å²) in [5.74, 6) is 0. The molecule has 2 nitrogen and oxygen atoms in total. The van der Waals surface area contributed by atoms with E-state index >= 15 is 0 Å². The third-order valence-corrected chi connectivity index (χ3v) is 2.74. The van der Waals surface area contributed by atoms with Crippen molar-refractivity contribution in [3.05, 3.63) is 34.3 Å². The molecule has 0 aliphatic carbocycles. The van der Waals surface area contributed by atoms with Gasteiger partial charge in [-0.05, 0) is 43.0 Å². The van der Waals surface area contributed by atoms with Gasteiger partial charge in [-0.3, -0.25) is 0 Å². The summed E-state index contributed by atoms with van der Waals surface area (Å²) in [6, 6.07) is 5.91. The molecule has 1 rings (SSSR count). The highest BCUT2D eigenvalue weighted by molar-refractivity contribution is 6.30. The summed E-state index contributed by atoms with van der Waals surface area (Å²) >= 11 is 5.94. The Morgan fingerprint density at radius 2 is 2.20 bits per heavy atom. The van der Waals surface area contributed by atoms with E-state index in [0.717, 1.165) is 30.0 Å². The molecule has 0 amide bonds. The predicted molar refractivity (Wildman–Crippen MR) is 64.2 cm³/mol. The van der Waals surface area contributed by atoms with Gasteiger partial charge in [-0.15, -0.1) is 0 Å². The van der Waals surface area contributed by atoms with E-state index in [1.807, 2.05) is 18.2 Å². The van der Waals surface area contributed by atoms with E-state index in [4.69, 9.17) is 22.1 Å². The lowest BCUT2D eigenvalue weighted by molar-refractivity contribution is 0.190. The molecule has 0 aliphatic heterocycles. The van der Waals surface area contributed by atoms with Gasteiger partial charge in [-0.2, -0.15) is 0 Å². The Morgan fingerprint density at radius 3 is 2.87 bits per heavy atom. The smallest absolute Gasteiger partial charge is 0.0462 e. The van der Waals surface area contributed by atoms with E-state index in [9.17, 15) is 0 Å². The molecule has 0 bridgehead atoms. The summed E-state index contributed by atoms with van der Waals surface area (Å²) in [6.07, 6.45) is 1.90. The molecule has 1 unspecified atom stereocenters. The highest BCUT2D eigenvalue weighted by atomic mass is 35.5. The number of ether oxygens (including phenoxy) is 1. The Morgan fingerprint density at radius 1 is 1.47 bits per heavy atom. The van der Waals surface area contributed by atoms with Gasteiger partial charge in [0.15, 0.2) is 0 Å². The molecule has 0 spiro atoms. The maximum atomic E-state index is 6.09. The number of hydrogen-bond acceptors (Lipinski definition) is 2. The summed E-state index contributed by atoms with van der Waals surface area (Å²) in [5.41, 5.74) is 8.43. The maximum Gasteiger partial charge on any atom is 0.0462 e. The topological polar surface area (TPSA) is 35.2 Å². The summed E-state index contributed by atoms with van der Waals surface area (Å²) in [4.78, 5) is 0. The first kappa shape index (κ1) is 12.5. The van der Waals surface area contributed by atoms with Crippen LogP contribution in [-0.2, 0) is 4.74 Å². The van der Waals surface area contributed by atoms with Crippen molar-refractivity contribution >= 4 is 11.6 Å². The molecule has 0 aromatic heterocycles. The average Bonchev–Trinajstić information content (AvgIpc) is 2.22. The molecular weight excluding hydrogens is 210 g/mol. The van der Waals surface area contributed by atoms with Gasteiger partial charge in [-0.25, -0.2) is 0 Å².